The van der Waals surface area contributed by atoms with Gasteiger partial charge in [-0.3, -0.25) is 0 Å². The van der Waals surface area contributed by atoms with E-state index >= 15 is 0 Å². The van der Waals surface area contributed by atoms with Gasteiger partial charge in [0, 0.05) is 19.0 Å². The van der Waals surface area contributed by atoms with Crippen LogP contribution < -0.4 is 5.32 Å². The van der Waals surface area contributed by atoms with Crippen LogP contribution in [0.25, 0.3) is 0 Å². The Morgan fingerprint density at radius 1 is 1.50 bits per heavy atom. The Morgan fingerprint density at radius 3 is 3.09 bits per heavy atom. The van der Waals surface area contributed by atoms with Gasteiger partial charge in [-0.05, 0) is 12.1 Å². The Hall–Kier alpha value is -2.51. The molecule has 116 valence electrons. The molecule has 2 aromatic rings. The summed E-state index contributed by atoms with van der Waals surface area (Å²) >= 11 is 0. The highest BCUT2D eigenvalue weighted by Gasteiger charge is 2.37. The number of aromatic carboxylic acids is 1. The number of aryl methyl sites for hydroxylation is 1. The van der Waals surface area contributed by atoms with Crippen LogP contribution in [0.2, 0.25) is 0 Å². The number of rotatable bonds is 4. The minimum Gasteiger partial charge on any atom is -0.478 e. The van der Waals surface area contributed by atoms with Crippen molar-refractivity contribution in [1.29, 1.82) is 0 Å². The first-order valence-corrected chi connectivity index (χ1v) is 6.72. The molecule has 0 aliphatic heterocycles. The summed E-state index contributed by atoms with van der Waals surface area (Å²) in [6, 6.07) is 2.93. The van der Waals surface area contributed by atoms with E-state index in [0.717, 1.165) is 0 Å². The highest BCUT2D eigenvalue weighted by molar-refractivity contribution is 5.92. The minimum absolute atomic E-state index is 0.0188. The molecule has 0 spiro atoms. The molecule has 0 bridgehead atoms. The second-order valence-electron chi connectivity index (χ2n) is 5.07. The van der Waals surface area contributed by atoms with Gasteiger partial charge in [0.25, 0.3) is 5.92 Å². The Labute approximate surface area is 124 Å². The summed E-state index contributed by atoms with van der Waals surface area (Å²) in [5, 5.41) is 11.9. The number of hydrogen-bond donors (Lipinski definition) is 2. The van der Waals surface area contributed by atoms with Crippen molar-refractivity contribution in [3.63, 3.8) is 0 Å². The molecule has 0 amide bonds. The van der Waals surface area contributed by atoms with Gasteiger partial charge in [-0.25, -0.2) is 23.5 Å². The normalized spacial score (nSPS) is 16.1. The molecular formula is C14H13F2N3O3. The highest BCUT2D eigenvalue weighted by Crippen LogP contribution is 2.33. The number of carboxylic acids is 1. The third kappa shape index (κ3) is 2.90. The maximum atomic E-state index is 13.3. The Balaban J connectivity index is 1.73. The van der Waals surface area contributed by atoms with E-state index in [0.29, 0.717) is 5.76 Å². The van der Waals surface area contributed by atoms with Crippen LogP contribution in [0.15, 0.2) is 22.7 Å². The number of anilines is 1. The molecule has 0 aromatic carbocycles. The quantitative estimate of drug-likeness (QED) is 0.902. The highest BCUT2D eigenvalue weighted by atomic mass is 19.3. The lowest BCUT2D eigenvalue weighted by Gasteiger charge is -2.18. The van der Waals surface area contributed by atoms with E-state index in [1.807, 2.05) is 0 Å². The predicted octanol–water partition coefficient (Wildman–Crippen LogP) is 2.50. The minimum atomic E-state index is -2.74. The molecule has 22 heavy (non-hydrogen) atoms. The molecule has 1 aliphatic rings. The van der Waals surface area contributed by atoms with Crippen LogP contribution in [0.5, 0.6) is 0 Å². The van der Waals surface area contributed by atoms with Crippen LogP contribution in [0, 0.1) is 0 Å². The van der Waals surface area contributed by atoms with Crippen LogP contribution in [-0.2, 0) is 19.4 Å². The van der Waals surface area contributed by atoms with Gasteiger partial charge in [-0.1, -0.05) is 0 Å². The zero-order valence-electron chi connectivity index (χ0n) is 11.5. The van der Waals surface area contributed by atoms with E-state index in [9.17, 15) is 13.6 Å². The maximum absolute atomic E-state index is 13.3. The summed E-state index contributed by atoms with van der Waals surface area (Å²) in [5.74, 6) is -2.96. The van der Waals surface area contributed by atoms with Gasteiger partial charge < -0.3 is 14.8 Å². The molecule has 0 unspecified atom stereocenters. The summed E-state index contributed by atoms with van der Waals surface area (Å²) in [6.45, 7) is 0.0792. The zero-order valence-corrected chi connectivity index (χ0v) is 11.5. The van der Waals surface area contributed by atoms with Gasteiger partial charge in [0.2, 0.25) is 5.89 Å². The zero-order chi connectivity index (χ0) is 15.7. The van der Waals surface area contributed by atoms with Crippen molar-refractivity contribution in [3.05, 3.63) is 41.2 Å². The average Bonchev–Trinajstić information content (AvgIpc) is 2.86. The number of pyridine rings is 1. The van der Waals surface area contributed by atoms with E-state index in [1.54, 1.807) is 0 Å². The van der Waals surface area contributed by atoms with E-state index in [-0.39, 0.29) is 42.4 Å². The third-order valence-corrected chi connectivity index (χ3v) is 3.41. The van der Waals surface area contributed by atoms with Crippen molar-refractivity contribution in [2.24, 2.45) is 0 Å². The van der Waals surface area contributed by atoms with Crippen molar-refractivity contribution >= 4 is 11.8 Å². The third-order valence-electron chi connectivity index (χ3n) is 3.41. The fourth-order valence-corrected chi connectivity index (χ4v) is 2.35. The van der Waals surface area contributed by atoms with E-state index in [4.69, 9.17) is 9.52 Å². The molecule has 0 saturated carbocycles. The molecule has 3 rings (SSSR count). The Morgan fingerprint density at radius 2 is 2.32 bits per heavy atom. The first kappa shape index (κ1) is 14.4. The first-order valence-electron chi connectivity index (χ1n) is 6.72. The van der Waals surface area contributed by atoms with Gasteiger partial charge in [0.1, 0.15) is 17.1 Å². The largest absolute Gasteiger partial charge is 0.478 e. The molecule has 2 aromatic heterocycles. The fraction of sp³-hybridized carbons (Fsp3) is 0.357. The lowest BCUT2D eigenvalue weighted by Crippen LogP contribution is -2.25. The lowest BCUT2D eigenvalue weighted by molar-refractivity contribution is -0.0152. The summed E-state index contributed by atoms with van der Waals surface area (Å²) in [5.41, 5.74) is 0.290. The summed E-state index contributed by atoms with van der Waals surface area (Å²) in [6.07, 6.45) is 0.941. The number of nitrogens with zero attached hydrogens (tertiary/aromatic N) is 2. The van der Waals surface area contributed by atoms with Crippen LogP contribution in [0.1, 0.15) is 34.1 Å². The molecule has 6 nitrogen and oxygen atoms in total. The summed E-state index contributed by atoms with van der Waals surface area (Å²) in [7, 11) is 0. The van der Waals surface area contributed by atoms with Gasteiger partial charge >= 0.3 is 5.97 Å². The predicted molar refractivity (Wildman–Crippen MR) is 72.0 cm³/mol. The smallest absolute Gasteiger partial charge is 0.339 e. The Kier molecular flexibility index (Phi) is 3.51. The van der Waals surface area contributed by atoms with Crippen LogP contribution >= 0.6 is 0 Å². The van der Waals surface area contributed by atoms with Crippen molar-refractivity contribution in [2.75, 3.05) is 5.32 Å². The van der Waals surface area contributed by atoms with E-state index < -0.39 is 18.3 Å². The first-order chi connectivity index (χ1) is 10.4. The van der Waals surface area contributed by atoms with Crippen molar-refractivity contribution in [3.8, 4) is 0 Å². The topological polar surface area (TPSA) is 88.2 Å². The standard InChI is InChI=1S/C14H13F2N3O3/c15-14(16)4-3-10-9(6-14)19-11(22-10)7-18-12-8(13(20)21)2-1-5-17-12/h1-2,5H,3-4,6-7H2,(H,17,18)(H,20,21). The van der Waals surface area contributed by atoms with Crippen molar-refractivity contribution in [1.82, 2.24) is 9.97 Å². The van der Waals surface area contributed by atoms with E-state index in [2.05, 4.69) is 15.3 Å². The number of aromatic nitrogens is 2. The monoisotopic (exact) mass is 309 g/mol. The van der Waals surface area contributed by atoms with Crippen molar-refractivity contribution in [2.45, 2.75) is 31.7 Å². The maximum Gasteiger partial charge on any atom is 0.339 e. The van der Waals surface area contributed by atoms with Crippen LogP contribution in [0.4, 0.5) is 14.6 Å². The molecule has 0 atom stereocenters. The number of carbonyl (C=O) groups is 1. The summed E-state index contributed by atoms with van der Waals surface area (Å²) < 4.78 is 32.1. The lowest BCUT2D eigenvalue weighted by atomic mass is 9.98. The molecule has 0 saturated heterocycles. The molecule has 0 radical (unpaired) electrons. The molecule has 2 N–H and O–H groups in total. The molecule has 1 aliphatic carbocycles. The Bertz CT molecular complexity index is 715. The molecule has 8 heteroatoms. The van der Waals surface area contributed by atoms with Gasteiger partial charge in [-0.2, -0.15) is 0 Å². The second-order valence-corrected chi connectivity index (χ2v) is 5.07. The van der Waals surface area contributed by atoms with Crippen LogP contribution in [0.3, 0.4) is 0 Å². The van der Waals surface area contributed by atoms with Gasteiger partial charge in [0.05, 0.1) is 18.7 Å². The number of hydrogen-bond acceptors (Lipinski definition) is 5. The fourth-order valence-electron chi connectivity index (χ4n) is 2.35. The summed E-state index contributed by atoms with van der Waals surface area (Å²) in [4.78, 5) is 19.1. The number of carboxylic acid groups (broad SMARTS) is 1. The van der Waals surface area contributed by atoms with Crippen LogP contribution in [-0.4, -0.2) is 27.0 Å². The molecule has 0 fully saturated rings. The van der Waals surface area contributed by atoms with Gasteiger partial charge in [-0.15, -0.1) is 0 Å². The number of oxazole rings is 1. The number of alkyl halides is 2. The number of halogens is 2. The number of fused-ring (bicyclic) bond motifs is 1. The van der Waals surface area contributed by atoms with Crippen molar-refractivity contribution < 1.29 is 23.1 Å². The number of nitrogens with one attached hydrogen (secondary N) is 1. The van der Waals surface area contributed by atoms with Gasteiger partial charge in [0.15, 0.2) is 0 Å². The second kappa shape index (κ2) is 5.36. The molecule has 2 heterocycles. The SMILES string of the molecule is O=C(O)c1cccnc1NCc1nc2c(o1)CCC(F)(F)C2. The molecular weight excluding hydrogens is 296 g/mol. The average molecular weight is 309 g/mol. The van der Waals surface area contributed by atoms with E-state index in [1.165, 1.54) is 18.3 Å².